The topological polar surface area (TPSA) is 117 Å². The van der Waals surface area contributed by atoms with Gasteiger partial charge in [0.25, 0.3) is 15.9 Å². The van der Waals surface area contributed by atoms with Crippen molar-refractivity contribution in [2.24, 2.45) is 11.8 Å². The quantitative estimate of drug-likeness (QED) is 0.423. The number of nitrogens with one attached hydrogen (secondary N) is 2. The molecule has 1 fully saturated rings. The highest BCUT2D eigenvalue weighted by Crippen LogP contribution is 2.47. The first-order valence-corrected chi connectivity index (χ1v) is 18.4. The molecule has 254 valence electrons. The molecule has 0 aromatic heterocycles. The first-order chi connectivity index (χ1) is 22.3. The highest BCUT2D eigenvalue weighted by molar-refractivity contribution is 7.90. The van der Waals surface area contributed by atoms with Crippen molar-refractivity contribution >= 4 is 39.3 Å². The fourth-order valence-electron chi connectivity index (χ4n) is 7.44. The van der Waals surface area contributed by atoms with E-state index in [-0.39, 0.29) is 22.1 Å². The molecular weight excluding hydrogens is 640 g/mol. The van der Waals surface area contributed by atoms with Crippen LogP contribution in [0, 0.1) is 11.8 Å². The molecule has 0 saturated heterocycles. The summed E-state index contributed by atoms with van der Waals surface area (Å²) in [6.45, 7) is 7.70. The molecular formula is C35H45ClN4O6S. The van der Waals surface area contributed by atoms with E-state index >= 15 is 0 Å². The van der Waals surface area contributed by atoms with Crippen molar-refractivity contribution in [3.8, 4) is 5.75 Å². The molecule has 1 spiro atoms. The van der Waals surface area contributed by atoms with Crippen molar-refractivity contribution in [1.29, 1.82) is 0 Å². The van der Waals surface area contributed by atoms with Crippen molar-refractivity contribution in [3.63, 3.8) is 0 Å². The van der Waals surface area contributed by atoms with Crippen LogP contribution < -0.4 is 19.7 Å². The van der Waals surface area contributed by atoms with E-state index in [1.54, 1.807) is 37.9 Å². The Morgan fingerprint density at radius 1 is 1.19 bits per heavy atom. The Bertz CT molecular complexity index is 1680. The molecule has 2 aromatic carbocycles. The molecule has 10 nitrogen and oxygen atoms in total. The molecule has 47 heavy (non-hydrogen) atoms. The first-order valence-electron chi connectivity index (χ1n) is 16.5. The molecule has 2 N–H and O–H groups in total. The fraction of sp³-hybridized carbons (Fsp3) is 0.543. The van der Waals surface area contributed by atoms with Gasteiger partial charge in [-0.3, -0.25) is 9.69 Å². The molecule has 2 aliphatic heterocycles. The lowest BCUT2D eigenvalue weighted by Crippen LogP contribution is -2.54. The van der Waals surface area contributed by atoms with Gasteiger partial charge in [0.1, 0.15) is 11.9 Å². The largest absolute Gasteiger partial charge is 0.490 e. The molecule has 0 unspecified atom stereocenters. The van der Waals surface area contributed by atoms with Gasteiger partial charge < -0.3 is 19.7 Å². The Balaban J connectivity index is 1.44. The Morgan fingerprint density at radius 3 is 2.74 bits per heavy atom. The Labute approximate surface area is 282 Å². The molecule has 2 heterocycles. The molecule has 2 aromatic rings. The molecule has 4 atom stereocenters. The number of rotatable bonds is 2. The Hall–Kier alpha value is -3.28. The smallest absolute Gasteiger partial charge is 0.407 e. The van der Waals surface area contributed by atoms with E-state index in [1.807, 2.05) is 31.2 Å². The minimum atomic E-state index is -4.20. The summed E-state index contributed by atoms with van der Waals surface area (Å²) in [6, 6.07) is 10.9. The van der Waals surface area contributed by atoms with Gasteiger partial charge in [-0.25, -0.2) is 17.9 Å². The number of anilines is 1. The molecule has 0 radical (unpaired) electrons. The van der Waals surface area contributed by atoms with Gasteiger partial charge in [0.15, 0.2) is 0 Å². The molecule has 12 heteroatoms. The SMILES string of the molecule is CCNC(=O)O[C@H]1/C=C\CN(C)C(C)(C)C(=O)NS(=O)(=O)c2ccc3c(c2)N(C[C@@H]2CC[C@H]21)C[C@@]1(CCCc2cc(Cl)ccc21)CO3. The second-order valence-corrected chi connectivity index (χ2v) is 16.1. The standard InChI is InChI=1S/C35H45ClN4O6S/c1-5-37-33(42)46-30-9-7-17-39(4)34(2,3)32(41)38-47(43,44)26-12-15-31-29(19-26)40(20-24-10-13-27(24)30)21-35(22-45-31)16-6-8-23-18-25(36)11-14-28(23)35/h7,9,11-12,14-15,18-19,24,27,30H,5-6,8,10,13,16-17,20-22H2,1-4H3,(H,37,42)(H,38,41)/b9-7-/t24-,27+,30-,35-/m0/s1. The number of fused-ring (bicyclic) bond motifs is 4. The molecule has 2 aliphatic carbocycles. The molecule has 2 amide bonds. The van der Waals surface area contributed by atoms with Gasteiger partial charge in [0, 0.05) is 42.5 Å². The van der Waals surface area contributed by atoms with Crippen LogP contribution in [-0.4, -0.2) is 76.8 Å². The zero-order valence-corrected chi connectivity index (χ0v) is 29.1. The van der Waals surface area contributed by atoms with Gasteiger partial charge >= 0.3 is 6.09 Å². The van der Waals surface area contributed by atoms with E-state index < -0.39 is 33.7 Å². The summed E-state index contributed by atoms with van der Waals surface area (Å²) in [5.74, 6) is 0.197. The number of alkyl carbamates (subject to hydrolysis) is 1. The van der Waals surface area contributed by atoms with Crippen LogP contribution in [0.5, 0.6) is 5.75 Å². The number of carbonyl (C=O) groups excluding carboxylic acids is 2. The van der Waals surface area contributed by atoms with E-state index in [9.17, 15) is 18.0 Å². The van der Waals surface area contributed by atoms with Crippen LogP contribution in [0.3, 0.4) is 0 Å². The van der Waals surface area contributed by atoms with Gasteiger partial charge in [0.2, 0.25) is 0 Å². The first kappa shape index (κ1) is 33.6. The van der Waals surface area contributed by atoms with Gasteiger partial charge in [-0.1, -0.05) is 23.7 Å². The van der Waals surface area contributed by atoms with Crippen LogP contribution >= 0.6 is 11.6 Å². The van der Waals surface area contributed by atoms with E-state index in [1.165, 1.54) is 17.2 Å². The zero-order chi connectivity index (χ0) is 33.6. The third-order valence-electron chi connectivity index (χ3n) is 10.7. The van der Waals surface area contributed by atoms with Crippen molar-refractivity contribution in [3.05, 3.63) is 64.7 Å². The second kappa shape index (κ2) is 13.0. The lowest BCUT2D eigenvalue weighted by molar-refractivity contribution is -0.128. The predicted molar refractivity (Wildman–Crippen MR) is 182 cm³/mol. The van der Waals surface area contributed by atoms with Crippen LogP contribution in [-0.2, 0) is 31.4 Å². The number of amides is 2. The van der Waals surface area contributed by atoms with Crippen molar-refractivity contribution in [2.45, 2.75) is 74.8 Å². The number of hydrogen-bond donors (Lipinski definition) is 2. The van der Waals surface area contributed by atoms with Gasteiger partial charge in [0.05, 0.1) is 22.7 Å². The van der Waals surface area contributed by atoms with Gasteiger partial charge in [-0.15, -0.1) is 0 Å². The zero-order valence-electron chi connectivity index (χ0n) is 27.6. The van der Waals surface area contributed by atoms with E-state index in [4.69, 9.17) is 21.1 Å². The molecule has 6 rings (SSSR count). The van der Waals surface area contributed by atoms with Gasteiger partial charge in [-0.05, 0) is 113 Å². The highest BCUT2D eigenvalue weighted by Gasteiger charge is 2.45. The summed E-state index contributed by atoms with van der Waals surface area (Å²) in [7, 11) is -2.44. The molecule has 1 saturated carbocycles. The summed E-state index contributed by atoms with van der Waals surface area (Å²) in [5.41, 5.74) is 1.60. The number of nitrogens with zero attached hydrogens (tertiary/aromatic N) is 2. The number of sulfonamides is 1. The maximum absolute atomic E-state index is 13.7. The predicted octanol–water partition coefficient (Wildman–Crippen LogP) is 5.04. The van der Waals surface area contributed by atoms with Crippen molar-refractivity contribution in [2.75, 3.05) is 44.7 Å². The lowest BCUT2D eigenvalue weighted by atomic mass is 9.68. The van der Waals surface area contributed by atoms with E-state index in [2.05, 4.69) is 21.0 Å². The summed E-state index contributed by atoms with van der Waals surface area (Å²) in [4.78, 5) is 30.2. The Morgan fingerprint density at radius 2 is 2.00 bits per heavy atom. The Kier molecular flexibility index (Phi) is 9.28. The van der Waals surface area contributed by atoms with Gasteiger partial charge in [-0.2, -0.15) is 0 Å². The summed E-state index contributed by atoms with van der Waals surface area (Å²) >= 11 is 6.42. The average molecular weight is 685 g/mol. The van der Waals surface area contributed by atoms with Crippen LogP contribution in [0.1, 0.15) is 57.6 Å². The summed E-state index contributed by atoms with van der Waals surface area (Å²) in [6.07, 6.45) is 7.56. The maximum atomic E-state index is 13.7. The number of benzene rings is 2. The monoisotopic (exact) mass is 684 g/mol. The second-order valence-electron chi connectivity index (χ2n) is 13.9. The van der Waals surface area contributed by atoms with Crippen molar-refractivity contribution < 1.29 is 27.5 Å². The third kappa shape index (κ3) is 6.58. The van der Waals surface area contributed by atoms with Crippen LogP contribution in [0.15, 0.2) is 53.4 Å². The number of hydrogen-bond acceptors (Lipinski definition) is 8. The maximum Gasteiger partial charge on any atom is 0.407 e. The lowest BCUT2D eigenvalue weighted by Gasteiger charge is -2.46. The molecule has 2 bridgehead atoms. The normalized spacial score (nSPS) is 29.2. The molecule has 4 aliphatic rings. The minimum absolute atomic E-state index is 0.00183. The fourth-order valence-corrected chi connectivity index (χ4v) is 8.76. The van der Waals surface area contributed by atoms with Crippen molar-refractivity contribution in [1.82, 2.24) is 14.9 Å². The average Bonchev–Trinajstić information content (AvgIpc) is 3.15. The van der Waals surface area contributed by atoms with E-state index in [0.717, 1.165) is 32.1 Å². The van der Waals surface area contributed by atoms with E-state index in [0.29, 0.717) is 49.2 Å². The highest BCUT2D eigenvalue weighted by atomic mass is 35.5. The number of carbonyl (C=O) groups is 2. The number of halogens is 1. The third-order valence-corrected chi connectivity index (χ3v) is 12.2. The van der Waals surface area contributed by atoms with Crippen LogP contribution in [0.25, 0.3) is 0 Å². The van der Waals surface area contributed by atoms with Crippen LogP contribution in [0.4, 0.5) is 10.5 Å². The minimum Gasteiger partial charge on any atom is -0.490 e. The number of aryl methyl sites for hydroxylation is 1. The summed E-state index contributed by atoms with van der Waals surface area (Å²) < 4.78 is 42.3. The number of ether oxygens (including phenoxy) is 2. The number of likely N-dealkylation sites (N-methyl/N-ethyl adjacent to an activating group) is 1. The summed E-state index contributed by atoms with van der Waals surface area (Å²) in [5, 5.41) is 3.46. The van der Waals surface area contributed by atoms with Crippen LogP contribution in [0.2, 0.25) is 5.02 Å².